The van der Waals surface area contributed by atoms with Gasteiger partial charge in [-0.25, -0.2) is 0 Å². The molecule has 0 amide bonds. The van der Waals surface area contributed by atoms with Crippen LogP contribution in [0.3, 0.4) is 0 Å². The zero-order valence-corrected chi connectivity index (χ0v) is 12.0. The minimum Gasteiger partial charge on any atom is -0.466 e. The van der Waals surface area contributed by atoms with Crippen molar-refractivity contribution in [2.75, 3.05) is 13.2 Å². The van der Waals surface area contributed by atoms with Crippen LogP contribution in [-0.2, 0) is 9.53 Å². The normalized spacial score (nSPS) is 10.6. The standard InChI is InChI=1S/C15H30O3/c1-2-3-14-18-15(17)12-10-8-6-4-5-7-9-11-13-16/h16H,2-14H2,1H3. The molecule has 0 heterocycles. The van der Waals surface area contributed by atoms with E-state index in [1.54, 1.807) is 0 Å². The van der Waals surface area contributed by atoms with Crippen molar-refractivity contribution in [1.29, 1.82) is 0 Å². The summed E-state index contributed by atoms with van der Waals surface area (Å²) in [5.74, 6) is -0.0357. The fourth-order valence-electron chi connectivity index (χ4n) is 1.84. The highest BCUT2D eigenvalue weighted by molar-refractivity contribution is 5.69. The van der Waals surface area contributed by atoms with Crippen LogP contribution >= 0.6 is 0 Å². The molecule has 0 saturated heterocycles. The summed E-state index contributed by atoms with van der Waals surface area (Å²) in [5.41, 5.74) is 0. The minimum atomic E-state index is -0.0357. The summed E-state index contributed by atoms with van der Waals surface area (Å²) in [6, 6.07) is 0. The number of ether oxygens (including phenoxy) is 1. The molecular weight excluding hydrogens is 228 g/mol. The molecule has 0 aliphatic heterocycles. The van der Waals surface area contributed by atoms with Crippen molar-refractivity contribution in [3.05, 3.63) is 0 Å². The first-order valence-corrected chi connectivity index (χ1v) is 7.57. The first kappa shape index (κ1) is 17.4. The minimum absolute atomic E-state index is 0.0357. The summed E-state index contributed by atoms with van der Waals surface area (Å²) in [6.45, 7) is 2.99. The van der Waals surface area contributed by atoms with E-state index in [1.165, 1.54) is 25.7 Å². The highest BCUT2D eigenvalue weighted by atomic mass is 16.5. The Morgan fingerprint density at radius 3 is 2.00 bits per heavy atom. The van der Waals surface area contributed by atoms with Crippen molar-refractivity contribution in [3.63, 3.8) is 0 Å². The van der Waals surface area contributed by atoms with Crippen molar-refractivity contribution in [1.82, 2.24) is 0 Å². The number of aliphatic hydroxyl groups is 1. The van der Waals surface area contributed by atoms with Crippen LogP contribution in [0.2, 0.25) is 0 Å². The van der Waals surface area contributed by atoms with Gasteiger partial charge in [-0.15, -0.1) is 0 Å². The van der Waals surface area contributed by atoms with Crippen molar-refractivity contribution >= 4 is 5.97 Å². The highest BCUT2D eigenvalue weighted by Crippen LogP contribution is 2.10. The molecule has 3 nitrogen and oxygen atoms in total. The van der Waals surface area contributed by atoms with E-state index >= 15 is 0 Å². The van der Waals surface area contributed by atoms with Crippen molar-refractivity contribution in [2.24, 2.45) is 0 Å². The molecule has 0 rings (SSSR count). The summed E-state index contributed by atoms with van der Waals surface area (Å²) in [6.07, 6.45) is 11.7. The second kappa shape index (κ2) is 14.5. The molecule has 0 aromatic carbocycles. The number of carbonyl (C=O) groups is 1. The van der Waals surface area contributed by atoms with Gasteiger partial charge in [0.05, 0.1) is 6.61 Å². The molecule has 0 bridgehead atoms. The summed E-state index contributed by atoms with van der Waals surface area (Å²) in [4.78, 5) is 11.3. The van der Waals surface area contributed by atoms with Crippen molar-refractivity contribution < 1.29 is 14.6 Å². The van der Waals surface area contributed by atoms with E-state index in [0.717, 1.165) is 38.5 Å². The first-order valence-electron chi connectivity index (χ1n) is 7.57. The number of unbranched alkanes of at least 4 members (excludes halogenated alkanes) is 8. The maximum Gasteiger partial charge on any atom is 0.305 e. The van der Waals surface area contributed by atoms with Gasteiger partial charge in [-0.1, -0.05) is 51.9 Å². The molecular formula is C15H30O3. The molecule has 0 aliphatic carbocycles. The Morgan fingerprint density at radius 1 is 0.889 bits per heavy atom. The molecule has 0 aliphatic rings. The van der Waals surface area contributed by atoms with E-state index in [9.17, 15) is 4.79 Å². The Labute approximate surface area is 112 Å². The Hall–Kier alpha value is -0.570. The Morgan fingerprint density at radius 2 is 1.44 bits per heavy atom. The predicted octanol–water partition coefficient (Wildman–Crippen LogP) is 3.83. The number of esters is 1. The van der Waals surface area contributed by atoms with Gasteiger partial charge in [-0.2, -0.15) is 0 Å². The van der Waals surface area contributed by atoms with E-state index in [2.05, 4.69) is 6.92 Å². The van der Waals surface area contributed by atoms with Crippen LogP contribution in [0.15, 0.2) is 0 Å². The van der Waals surface area contributed by atoms with E-state index in [-0.39, 0.29) is 5.97 Å². The monoisotopic (exact) mass is 258 g/mol. The molecule has 0 aromatic rings. The maximum absolute atomic E-state index is 11.3. The number of rotatable bonds is 13. The molecule has 0 unspecified atom stereocenters. The summed E-state index contributed by atoms with van der Waals surface area (Å²) in [5, 5.41) is 8.62. The number of aliphatic hydroxyl groups excluding tert-OH is 1. The molecule has 0 fully saturated rings. The van der Waals surface area contributed by atoms with Gasteiger partial charge in [-0.3, -0.25) is 4.79 Å². The Balaban J connectivity index is 3.08. The van der Waals surface area contributed by atoms with Crippen LogP contribution in [-0.4, -0.2) is 24.3 Å². The van der Waals surface area contributed by atoms with Gasteiger partial charge in [-0.05, 0) is 19.3 Å². The van der Waals surface area contributed by atoms with Crippen molar-refractivity contribution in [3.8, 4) is 0 Å². The second-order valence-corrected chi connectivity index (χ2v) is 4.88. The van der Waals surface area contributed by atoms with Crippen LogP contribution in [0.4, 0.5) is 0 Å². The average Bonchev–Trinajstić information content (AvgIpc) is 2.37. The Kier molecular flexibility index (Phi) is 14.0. The van der Waals surface area contributed by atoms with Gasteiger partial charge in [0.2, 0.25) is 0 Å². The topological polar surface area (TPSA) is 46.5 Å². The lowest BCUT2D eigenvalue weighted by atomic mass is 10.1. The molecule has 108 valence electrons. The van der Waals surface area contributed by atoms with Crippen LogP contribution in [0, 0.1) is 0 Å². The van der Waals surface area contributed by atoms with Gasteiger partial charge >= 0.3 is 5.97 Å². The van der Waals surface area contributed by atoms with Gasteiger partial charge in [0.25, 0.3) is 0 Å². The van der Waals surface area contributed by atoms with Crippen LogP contribution in [0.1, 0.15) is 77.6 Å². The van der Waals surface area contributed by atoms with Gasteiger partial charge in [0, 0.05) is 13.0 Å². The summed E-state index contributed by atoms with van der Waals surface area (Å²) < 4.78 is 5.09. The SMILES string of the molecule is CCCCOC(=O)CCCCCCCCCCO. The van der Waals surface area contributed by atoms with Crippen LogP contribution < -0.4 is 0 Å². The third-order valence-electron chi connectivity index (χ3n) is 3.05. The lowest BCUT2D eigenvalue weighted by Gasteiger charge is -2.04. The third kappa shape index (κ3) is 13.5. The smallest absolute Gasteiger partial charge is 0.305 e. The first-order chi connectivity index (χ1) is 8.81. The van der Waals surface area contributed by atoms with Gasteiger partial charge < -0.3 is 9.84 Å². The number of hydrogen-bond acceptors (Lipinski definition) is 3. The van der Waals surface area contributed by atoms with Gasteiger partial charge in [0.15, 0.2) is 0 Å². The molecule has 0 spiro atoms. The molecule has 3 heteroatoms. The third-order valence-corrected chi connectivity index (χ3v) is 3.05. The van der Waals surface area contributed by atoms with E-state index in [4.69, 9.17) is 9.84 Å². The van der Waals surface area contributed by atoms with E-state index in [1.807, 2.05) is 0 Å². The van der Waals surface area contributed by atoms with Crippen LogP contribution in [0.5, 0.6) is 0 Å². The molecule has 18 heavy (non-hydrogen) atoms. The molecule has 0 saturated carbocycles. The second-order valence-electron chi connectivity index (χ2n) is 4.88. The highest BCUT2D eigenvalue weighted by Gasteiger charge is 2.01. The lowest BCUT2D eigenvalue weighted by Crippen LogP contribution is -2.05. The lowest BCUT2D eigenvalue weighted by molar-refractivity contribution is -0.143. The maximum atomic E-state index is 11.3. The zero-order valence-electron chi connectivity index (χ0n) is 12.0. The summed E-state index contributed by atoms with van der Waals surface area (Å²) in [7, 11) is 0. The van der Waals surface area contributed by atoms with E-state index < -0.39 is 0 Å². The zero-order chi connectivity index (χ0) is 13.5. The fourth-order valence-corrected chi connectivity index (χ4v) is 1.84. The van der Waals surface area contributed by atoms with E-state index in [0.29, 0.717) is 19.6 Å². The predicted molar refractivity (Wildman–Crippen MR) is 74.5 cm³/mol. The molecule has 0 aromatic heterocycles. The molecule has 0 radical (unpaired) electrons. The van der Waals surface area contributed by atoms with Crippen molar-refractivity contribution in [2.45, 2.75) is 77.6 Å². The summed E-state index contributed by atoms with van der Waals surface area (Å²) >= 11 is 0. The number of hydrogen-bond donors (Lipinski definition) is 1. The quantitative estimate of drug-likeness (QED) is 0.403. The molecule has 1 N–H and O–H groups in total. The fraction of sp³-hybridized carbons (Fsp3) is 0.933. The molecule has 0 atom stereocenters. The average molecular weight is 258 g/mol. The largest absolute Gasteiger partial charge is 0.466 e. The van der Waals surface area contributed by atoms with Crippen LogP contribution in [0.25, 0.3) is 0 Å². The number of carbonyl (C=O) groups excluding carboxylic acids is 1. The Bertz CT molecular complexity index is 181. The van der Waals surface area contributed by atoms with Gasteiger partial charge in [0.1, 0.15) is 0 Å².